The third kappa shape index (κ3) is 4.40. The number of morpholine rings is 1. The minimum atomic E-state index is 0.000500. The highest BCUT2D eigenvalue weighted by molar-refractivity contribution is 5.80. The fourth-order valence-corrected chi connectivity index (χ4v) is 2.87. The maximum atomic E-state index is 5.89. The molecule has 1 aliphatic heterocycles. The average molecular weight is 361 g/mol. The summed E-state index contributed by atoms with van der Waals surface area (Å²) in [5, 5.41) is 11.6. The summed E-state index contributed by atoms with van der Waals surface area (Å²) in [5.74, 6) is 2.51. The monoisotopic (exact) mass is 361 g/mol. The first kappa shape index (κ1) is 18.4. The number of hydrogen-bond donors (Lipinski definition) is 1. The molecule has 1 atom stereocenters. The number of aromatic nitrogens is 4. The summed E-state index contributed by atoms with van der Waals surface area (Å²) in [6.07, 6.45) is 4.51. The molecule has 1 unspecified atom stereocenters. The molecule has 1 saturated heterocycles. The van der Waals surface area contributed by atoms with Crippen LogP contribution in [0.1, 0.15) is 43.1 Å². The van der Waals surface area contributed by atoms with E-state index in [1.54, 1.807) is 11.7 Å². The number of nitrogens with one attached hydrogen (secondary N) is 1. The Morgan fingerprint density at radius 3 is 2.96 bits per heavy atom. The van der Waals surface area contributed by atoms with Crippen molar-refractivity contribution in [2.75, 3.05) is 33.3 Å². The zero-order valence-corrected chi connectivity index (χ0v) is 15.8. The van der Waals surface area contributed by atoms with E-state index in [1.165, 1.54) is 0 Å². The highest BCUT2D eigenvalue weighted by atomic mass is 16.5. The van der Waals surface area contributed by atoms with Gasteiger partial charge in [-0.2, -0.15) is 10.1 Å². The summed E-state index contributed by atoms with van der Waals surface area (Å²) in [5.41, 5.74) is 1.08. The van der Waals surface area contributed by atoms with E-state index < -0.39 is 0 Å². The topological polar surface area (TPSA) is 93.6 Å². The van der Waals surface area contributed by atoms with Gasteiger partial charge in [0.05, 0.1) is 19.3 Å². The Balaban J connectivity index is 1.53. The molecule has 0 spiro atoms. The van der Waals surface area contributed by atoms with Crippen molar-refractivity contribution in [1.82, 2.24) is 30.1 Å². The molecule has 3 rings (SSSR count). The van der Waals surface area contributed by atoms with Crippen LogP contribution in [0.5, 0.6) is 0 Å². The lowest BCUT2D eigenvalue weighted by atomic mass is 10.1. The van der Waals surface area contributed by atoms with E-state index in [2.05, 4.69) is 30.4 Å². The predicted octanol–water partition coefficient (Wildman–Crippen LogP) is 1.12. The van der Waals surface area contributed by atoms with Crippen LogP contribution in [-0.4, -0.2) is 64.1 Å². The van der Waals surface area contributed by atoms with E-state index in [4.69, 9.17) is 9.26 Å². The number of ether oxygens (including phenoxy) is 1. The lowest BCUT2D eigenvalue weighted by Crippen LogP contribution is -2.48. The molecule has 2 aromatic rings. The Hall–Kier alpha value is -2.42. The molecule has 2 aromatic heterocycles. The van der Waals surface area contributed by atoms with Gasteiger partial charge in [-0.25, -0.2) is 0 Å². The van der Waals surface area contributed by atoms with Crippen LogP contribution in [0, 0.1) is 0 Å². The van der Waals surface area contributed by atoms with E-state index >= 15 is 0 Å². The van der Waals surface area contributed by atoms with Crippen molar-refractivity contribution in [2.45, 2.75) is 32.3 Å². The van der Waals surface area contributed by atoms with Crippen LogP contribution in [0.25, 0.3) is 0 Å². The normalized spacial score (nSPS) is 18.6. The molecule has 1 aliphatic rings. The molecular weight excluding hydrogens is 334 g/mol. The summed E-state index contributed by atoms with van der Waals surface area (Å²) in [6, 6.07) is 0. The Labute approximate surface area is 153 Å². The zero-order chi connectivity index (χ0) is 18.5. The van der Waals surface area contributed by atoms with Crippen LogP contribution >= 0.6 is 0 Å². The molecule has 9 nitrogen and oxygen atoms in total. The fraction of sp³-hybridized carbons (Fsp3) is 0.647. The molecule has 0 aliphatic carbocycles. The number of hydrogen-bond acceptors (Lipinski definition) is 6. The van der Waals surface area contributed by atoms with Gasteiger partial charge in [-0.1, -0.05) is 19.0 Å². The Morgan fingerprint density at radius 1 is 1.46 bits per heavy atom. The highest BCUT2D eigenvalue weighted by Crippen LogP contribution is 2.21. The van der Waals surface area contributed by atoms with Crippen molar-refractivity contribution in [1.29, 1.82) is 0 Å². The van der Waals surface area contributed by atoms with Crippen molar-refractivity contribution in [2.24, 2.45) is 12.0 Å². The molecule has 142 valence electrons. The molecular formula is C17H27N7O2. The second kappa shape index (κ2) is 8.31. The molecule has 0 bridgehead atoms. The summed E-state index contributed by atoms with van der Waals surface area (Å²) in [6.45, 7) is 6.97. The summed E-state index contributed by atoms with van der Waals surface area (Å²) in [4.78, 5) is 11.0. The van der Waals surface area contributed by atoms with Crippen molar-refractivity contribution in [3.8, 4) is 0 Å². The van der Waals surface area contributed by atoms with Gasteiger partial charge < -0.3 is 19.5 Å². The van der Waals surface area contributed by atoms with Crippen LogP contribution in [-0.2, 0) is 18.2 Å². The smallest absolute Gasteiger partial charge is 0.228 e. The Morgan fingerprint density at radius 2 is 2.31 bits per heavy atom. The molecule has 0 saturated carbocycles. The van der Waals surface area contributed by atoms with Gasteiger partial charge in [-0.05, 0) is 0 Å². The van der Waals surface area contributed by atoms with Crippen molar-refractivity contribution in [3.63, 3.8) is 0 Å². The van der Waals surface area contributed by atoms with Gasteiger partial charge >= 0.3 is 0 Å². The van der Waals surface area contributed by atoms with Crippen molar-refractivity contribution < 1.29 is 9.26 Å². The summed E-state index contributed by atoms with van der Waals surface area (Å²) < 4.78 is 13.0. The van der Waals surface area contributed by atoms with Crippen LogP contribution in [0.3, 0.4) is 0 Å². The molecule has 0 radical (unpaired) electrons. The van der Waals surface area contributed by atoms with Gasteiger partial charge in [-0.15, -0.1) is 0 Å². The van der Waals surface area contributed by atoms with Crippen LogP contribution in [0.15, 0.2) is 21.9 Å². The SMILES string of the molecule is CN=C(NCCc1nc(C(C)C)no1)N1CCOC(c2cnn(C)c2)C1. The van der Waals surface area contributed by atoms with Gasteiger partial charge in [0.2, 0.25) is 5.89 Å². The van der Waals surface area contributed by atoms with E-state index in [0.717, 1.165) is 30.4 Å². The molecule has 1 fully saturated rings. The number of nitrogens with zero attached hydrogens (tertiary/aromatic N) is 6. The van der Waals surface area contributed by atoms with E-state index in [1.807, 2.05) is 33.3 Å². The third-order valence-electron chi connectivity index (χ3n) is 4.30. The second-order valence-electron chi connectivity index (χ2n) is 6.68. The molecule has 0 amide bonds. The highest BCUT2D eigenvalue weighted by Gasteiger charge is 2.25. The van der Waals surface area contributed by atoms with Gasteiger partial charge in [0, 0.05) is 51.3 Å². The van der Waals surface area contributed by atoms with Crippen LogP contribution in [0.4, 0.5) is 0 Å². The summed E-state index contributed by atoms with van der Waals surface area (Å²) in [7, 11) is 3.70. The standard InChI is InChI=1S/C17H27N7O2/c1-12(2)16-21-15(26-22-16)5-6-19-17(18-3)24-7-8-25-14(11-24)13-9-20-23(4)10-13/h9-10,12,14H,5-8,11H2,1-4H3,(H,18,19). The van der Waals surface area contributed by atoms with E-state index in [-0.39, 0.29) is 12.0 Å². The summed E-state index contributed by atoms with van der Waals surface area (Å²) >= 11 is 0. The Bertz CT molecular complexity index is 737. The van der Waals surface area contributed by atoms with Crippen molar-refractivity contribution >= 4 is 5.96 Å². The first-order valence-corrected chi connectivity index (χ1v) is 8.95. The lowest BCUT2D eigenvalue weighted by molar-refractivity contribution is -0.00801. The number of guanidine groups is 1. The molecule has 26 heavy (non-hydrogen) atoms. The largest absolute Gasteiger partial charge is 0.370 e. The third-order valence-corrected chi connectivity index (χ3v) is 4.30. The van der Waals surface area contributed by atoms with Gasteiger partial charge in [0.1, 0.15) is 6.10 Å². The van der Waals surface area contributed by atoms with Gasteiger partial charge in [0.15, 0.2) is 11.8 Å². The molecule has 0 aromatic carbocycles. The second-order valence-corrected chi connectivity index (χ2v) is 6.68. The average Bonchev–Trinajstić information content (AvgIpc) is 3.28. The van der Waals surface area contributed by atoms with E-state index in [0.29, 0.717) is 25.5 Å². The lowest BCUT2D eigenvalue weighted by Gasteiger charge is -2.34. The minimum absolute atomic E-state index is 0.000500. The van der Waals surface area contributed by atoms with E-state index in [9.17, 15) is 0 Å². The molecule has 1 N–H and O–H groups in total. The number of aryl methyl sites for hydroxylation is 1. The van der Waals surface area contributed by atoms with Gasteiger partial charge in [-0.3, -0.25) is 9.67 Å². The quantitative estimate of drug-likeness (QED) is 0.630. The molecule has 3 heterocycles. The van der Waals surface area contributed by atoms with Crippen molar-refractivity contribution in [3.05, 3.63) is 29.7 Å². The Kier molecular flexibility index (Phi) is 5.87. The maximum Gasteiger partial charge on any atom is 0.228 e. The van der Waals surface area contributed by atoms with Crippen LogP contribution in [0.2, 0.25) is 0 Å². The predicted molar refractivity (Wildman–Crippen MR) is 96.9 cm³/mol. The first-order valence-electron chi connectivity index (χ1n) is 8.95. The fourth-order valence-electron chi connectivity index (χ4n) is 2.87. The molecule has 9 heteroatoms. The zero-order valence-electron chi connectivity index (χ0n) is 15.8. The number of aliphatic imine (C=N–C) groups is 1. The van der Waals surface area contributed by atoms with Gasteiger partial charge in [0.25, 0.3) is 0 Å². The van der Waals surface area contributed by atoms with Crippen LogP contribution < -0.4 is 5.32 Å². The number of rotatable bonds is 5. The first-order chi connectivity index (χ1) is 12.6. The minimum Gasteiger partial charge on any atom is -0.370 e. The maximum absolute atomic E-state index is 5.89.